The Kier molecular flexibility index (Phi) is 5.55. The molecule has 0 saturated heterocycles. The number of aromatic nitrogens is 1. The number of carbonyl (C=O) groups excluding carboxylic acids is 3. The third kappa shape index (κ3) is 3.71. The van der Waals surface area contributed by atoms with Gasteiger partial charge in [0.15, 0.2) is 0 Å². The molecule has 0 aliphatic carbocycles. The number of benzene rings is 3. The van der Waals surface area contributed by atoms with Crippen LogP contribution in [0.15, 0.2) is 66.7 Å². The summed E-state index contributed by atoms with van der Waals surface area (Å²) in [7, 11) is 0. The largest absolute Gasteiger partial charge is 0.457 e. The van der Waals surface area contributed by atoms with Gasteiger partial charge in [-0.1, -0.05) is 53.5 Å². The van der Waals surface area contributed by atoms with Gasteiger partial charge >= 0.3 is 5.97 Å². The van der Waals surface area contributed by atoms with E-state index in [-0.39, 0.29) is 23.4 Å². The van der Waals surface area contributed by atoms with Gasteiger partial charge in [0.25, 0.3) is 11.8 Å². The molecule has 2 heterocycles. The quantitative estimate of drug-likeness (QED) is 0.258. The molecule has 0 radical (unpaired) electrons. The van der Waals surface area contributed by atoms with Crippen LogP contribution in [-0.4, -0.2) is 22.8 Å². The Bertz CT molecular complexity index is 1520. The molecule has 0 unspecified atom stereocenters. The van der Waals surface area contributed by atoms with E-state index in [1.165, 1.54) is 6.07 Å². The molecule has 1 aliphatic heterocycles. The highest BCUT2D eigenvalue weighted by molar-refractivity contribution is 6.42. The third-order valence-corrected chi connectivity index (χ3v) is 6.34. The maximum atomic E-state index is 13.4. The predicted molar refractivity (Wildman–Crippen MR) is 130 cm³/mol. The van der Waals surface area contributed by atoms with Crippen LogP contribution in [0.5, 0.6) is 0 Å². The highest BCUT2D eigenvalue weighted by atomic mass is 35.5. The van der Waals surface area contributed by atoms with Gasteiger partial charge in [0, 0.05) is 5.39 Å². The lowest BCUT2D eigenvalue weighted by atomic mass is 10.0. The van der Waals surface area contributed by atoms with E-state index in [1.807, 2.05) is 6.07 Å². The number of halogens is 2. The van der Waals surface area contributed by atoms with Crippen molar-refractivity contribution in [2.45, 2.75) is 13.5 Å². The van der Waals surface area contributed by atoms with Crippen LogP contribution in [0.2, 0.25) is 10.0 Å². The molecule has 3 aromatic carbocycles. The molecule has 0 spiro atoms. The maximum Gasteiger partial charge on any atom is 0.338 e. The van der Waals surface area contributed by atoms with Gasteiger partial charge in [-0.15, -0.1) is 0 Å². The summed E-state index contributed by atoms with van der Waals surface area (Å²) in [4.78, 5) is 44.8. The fourth-order valence-corrected chi connectivity index (χ4v) is 4.32. The third-order valence-electron chi connectivity index (χ3n) is 5.60. The van der Waals surface area contributed by atoms with Crippen molar-refractivity contribution < 1.29 is 19.1 Å². The van der Waals surface area contributed by atoms with Gasteiger partial charge in [0.1, 0.15) is 6.61 Å². The second-order valence-electron chi connectivity index (χ2n) is 7.79. The van der Waals surface area contributed by atoms with Crippen molar-refractivity contribution in [3.63, 3.8) is 0 Å². The van der Waals surface area contributed by atoms with E-state index in [9.17, 15) is 14.4 Å². The van der Waals surface area contributed by atoms with E-state index >= 15 is 0 Å². The molecule has 6 nitrogen and oxygen atoms in total. The Balaban J connectivity index is 1.43. The summed E-state index contributed by atoms with van der Waals surface area (Å²) in [6.45, 7) is 1.70. The van der Waals surface area contributed by atoms with Crippen molar-refractivity contribution >= 4 is 57.6 Å². The molecular formula is C26H16Cl2N2O4. The van der Waals surface area contributed by atoms with Gasteiger partial charge in [-0.2, -0.15) is 0 Å². The standard InChI is InChI=1S/C26H16Cl2N2O4/c1-14-22-23(18-7-2-3-8-21(18)29-14)25(32)30(24(22)31)17-6-4-5-16(12-17)26(33)34-13-15-9-10-19(27)20(28)11-15/h2-12H,13H2,1H3. The highest BCUT2D eigenvalue weighted by Gasteiger charge is 2.40. The second kappa shape index (κ2) is 8.56. The molecule has 0 fully saturated rings. The second-order valence-corrected chi connectivity index (χ2v) is 8.60. The van der Waals surface area contributed by atoms with Crippen LogP contribution >= 0.6 is 23.2 Å². The first-order valence-electron chi connectivity index (χ1n) is 10.3. The van der Waals surface area contributed by atoms with Crippen molar-refractivity contribution in [2.24, 2.45) is 0 Å². The molecule has 0 bridgehead atoms. The van der Waals surface area contributed by atoms with Crippen LogP contribution < -0.4 is 4.90 Å². The van der Waals surface area contributed by atoms with Gasteiger partial charge in [-0.25, -0.2) is 9.69 Å². The minimum Gasteiger partial charge on any atom is -0.457 e. The number of esters is 1. The average molecular weight is 491 g/mol. The van der Waals surface area contributed by atoms with Gasteiger partial charge in [0.2, 0.25) is 0 Å². The van der Waals surface area contributed by atoms with Crippen LogP contribution in [0, 0.1) is 6.92 Å². The minimum absolute atomic E-state index is 0.0101. The number of hydrogen-bond donors (Lipinski definition) is 0. The van der Waals surface area contributed by atoms with Crippen LogP contribution in [0.25, 0.3) is 10.9 Å². The number of anilines is 1. The van der Waals surface area contributed by atoms with Crippen LogP contribution in [0.4, 0.5) is 5.69 Å². The van der Waals surface area contributed by atoms with Gasteiger partial charge in [0.05, 0.1) is 43.6 Å². The van der Waals surface area contributed by atoms with Gasteiger partial charge in [-0.3, -0.25) is 14.6 Å². The van der Waals surface area contributed by atoms with Crippen molar-refractivity contribution in [1.82, 2.24) is 4.98 Å². The number of carbonyl (C=O) groups is 3. The number of pyridine rings is 1. The summed E-state index contributed by atoms with van der Waals surface area (Å²) in [6, 6.07) is 18.4. The molecule has 4 aromatic rings. The molecule has 2 amide bonds. The molecule has 0 N–H and O–H groups in total. The average Bonchev–Trinajstić information content (AvgIpc) is 3.10. The summed E-state index contributed by atoms with van der Waals surface area (Å²) < 4.78 is 5.38. The van der Waals surface area contributed by atoms with E-state index in [0.29, 0.717) is 37.8 Å². The van der Waals surface area contributed by atoms with Crippen LogP contribution in [0.3, 0.4) is 0 Å². The number of nitrogens with zero attached hydrogens (tertiary/aromatic N) is 2. The molecule has 0 atom stereocenters. The molecule has 168 valence electrons. The van der Waals surface area contributed by atoms with E-state index in [2.05, 4.69) is 4.98 Å². The normalized spacial score (nSPS) is 12.9. The number of fused-ring (bicyclic) bond motifs is 3. The number of aryl methyl sites for hydroxylation is 1. The zero-order valence-electron chi connectivity index (χ0n) is 17.8. The number of amides is 2. The van der Waals surface area contributed by atoms with Gasteiger partial charge in [-0.05, 0) is 48.9 Å². The van der Waals surface area contributed by atoms with Crippen molar-refractivity contribution in [3.05, 3.63) is 105 Å². The molecule has 8 heteroatoms. The fourth-order valence-electron chi connectivity index (χ4n) is 4.00. The first-order valence-corrected chi connectivity index (χ1v) is 11.1. The zero-order valence-corrected chi connectivity index (χ0v) is 19.4. The fraction of sp³-hybridized carbons (Fsp3) is 0.0769. The summed E-state index contributed by atoms with van der Waals surface area (Å²) in [5.74, 6) is -1.53. The molecule has 1 aromatic heterocycles. The monoisotopic (exact) mass is 490 g/mol. The minimum atomic E-state index is -0.604. The first-order chi connectivity index (χ1) is 16.3. The van der Waals surface area contributed by atoms with Crippen molar-refractivity contribution in [3.8, 4) is 0 Å². The van der Waals surface area contributed by atoms with Crippen molar-refractivity contribution in [2.75, 3.05) is 4.90 Å². The summed E-state index contributed by atoms with van der Waals surface area (Å²) >= 11 is 11.9. The maximum absolute atomic E-state index is 13.4. The highest BCUT2D eigenvalue weighted by Crippen LogP contribution is 2.34. The molecule has 5 rings (SSSR count). The number of rotatable bonds is 4. The Labute approximate surface area is 204 Å². The number of hydrogen-bond acceptors (Lipinski definition) is 5. The molecule has 0 saturated carbocycles. The van der Waals surface area contributed by atoms with Gasteiger partial charge < -0.3 is 4.74 Å². The number of ether oxygens (including phenoxy) is 1. The van der Waals surface area contributed by atoms with E-state index in [4.69, 9.17) is 27.9 Å². The first kappa shape index (κ1) is 22.1. The lowest BCUT2D eigenvalue weighted by molar-refractivity contribution is 0.0472. The molecular weight excluding hydrogens is 475 g/mol. The summed E-state index contributed by atoms with van der Waals surface area (Å²) in [5.41, 5.74) is 2.87. The Morgan fingerprint density at radius 1 is 0.912 bits per heavy atom. The Hall–Kier alpha value is -3.74. The van der Waals surface area contributed by atoms with Crippen LogP contribution in [-0.2, 0) is 11.3 Å². The predicted octanol–water partition coefficient (Wildman–Crippen LogP) is 6.01. The SMILES string of the molecule is Cc1nc2ccccc2c2c1C(=O)N(c1cccc(C(=O)OCc3ccc(Cl)c(Cl)c3)c1)C2=O. The topological polar surface area (TPSA) is 76.6 Å². The van der Waals surface area contributed by atoms with E-state index in [0.717, 1.165) is 4.90 Å². The molecule has 1 aliphatic rings. The van der Waals surface area contributed by atoms with Crippen LogP contribution in [0.1, 0.15) is 42.3 Å². The van der Waals surface area contributed by atoms with E-state index < -0.39 is 17.8 Å². The molecule has 34 heavy (non-hydrogen) atoms. The smallest absolute Gasteiger partial charge is 0.338 e. The lowest BCUT2D eigenvalue weighted by Gasteiger charge is -2.15. The Morgan fingerprint density at radius 2 is 1.68 bits per heavy atom. The lowest BCUT2D eigenvalue weighted by Crippen LogP contribution is -2.29. The number of imide groups is 1. The summed E-state index contributed by atoms with van der Waals surface area (Å²) in [5, 5.41) is 1.38. The van der Waals surface area contributed by atoms with Crippen molar-refractivity contribution in [1.29, 1.82) is 0 Å². The summed E-state index contributed by atoms with van der Waals surface area (Å²) in [6.07, 6.45) is 0. The zero-order chi connectivity index (χ0) is 24.0. The number of para-hydroxylation sites is 1. The van der Waals surface area contributed by atoms with E-state index in [1.54, 1.807) is 61.5 Å². The Morgan fingerprint density at radius 3 is 2.47 bits per heavy atom.